The Morgan fingerprint density at radius 3 is 2.19 bits per heavy atom. The Labute approximate surface area is 98.5 Å². The van der Waals surface area contributed by atoms with Crippen LogP contribution in [0.4, 0.5) is 0 Å². The lowest BCUT2D eigenvalue weighted by molar-refractivity contribution is -0.160. The fourth-order valence-electron chi connectivity index (χ4n) is 2.31. The van der Waals surface area contributed by atoms with Crippen molar-refractivity contribution >= 4 is 5.97 Å². The maximum atomic E-state index is 10.6. The third-order valence-electron chi connectivity index (χ3n) is 3.46. The molecule has 0 aromatic carbocycles. The average molecular weight is 228 g/mol. The van der Waals surface area contributed by atoms with E-state index in [1.807, 2.05) is 0 Å². The molecule has 0 aromatic rings. The molecule has 0 spiro atoms. The Balaban J connectivity index is 2.19. The zero-order valence-electron chi connectivity index (χ0n) is 10.9. The van der Waals surface area contributed by atoms with Crippen LogP contribution < -0.4 is 0 Å². The Morgan fingerprint density at radius 1 is 1.19 bits per heavy atom. The summed E-state index contributed by atoms with van der Waals surface area (Å²) in [5.41, 5.74) is 0.404. The fraction of sp³-hybridized carbons (Fsp3) is 0.923. The summed E-state index contributed by atoms with van der Waals surface area (Å²) in [6.45, 7) is 8.42. The first-order valence-corrected chi connectivity index (χ1v) is 6.14. The van der Waals surface area contributed by atoms with Crippen molar-refractivity contribution in [1.82, 2.24) is 0 Å². The first-order chi connectivity index (χ1) is 7.39. The van der Waals surface area contributed by atoms with Gasteiger partial charge in [-0.05, 0) is 37.0 Å². The van der Waals surface area contributed by atoms with Gasteiger partial charge in [0.1, 0.15) is 0 Å². The molecule has 0 bridgehead atoms. The molecular weight excluding hydrogens is 204 g/mol. The van der Waals surface area contributed by atoms with Crippen LogP contribution in [0, 0.1) is 11.3 Å². The van der Waals surface area contributed by atoms with Crippen LogP contribution in [0.5, 0.6) is 0 Å². The van der Waals surface area contributed by atoms with E-state index in [0.29, 0.717) is 5.41 Å². The minimum atomic E-state index is -0.275. The number of rotatable bonds is 3. The molecule has 0 N–H and O–H groups in total. The number of carbonyl (C=O) groups is 1. The molecule has 3 nitrogen and oxygen atoms in total. The van der Waals surface area contributed by atoms with E-state index in [4.69, 9.17) is 9.47 Å². The number of esters is 1. The second kappa shape index (κ2) is 5.67. The topological polar surface area (TPSA) is 35.5 Å². The Hall–Kier alpha value is -0.570. The van der Waals surface area contributed by atoms with Crippen LogP contribution in [0.25, 0.3) is 0 Å². The van der Waals surface area contributed by atoms with Crippen molar-refractivity contribution in [3.05, 3.63) is 0 Å². The molecule has 16 heavy (non-hydrogen) atoms. The molecule has 0 aromatic heterocycles. The van der Waals surface area contributed by atoms with E-state index in [-0.39, 0.29) is 18.9 Å². The first-order valence-electron chi connectivity index (χ1n) is 6.14. The van der Waals surface area contributed by atoms with Crippen molar-refractivity contribution in [3.8, 4) is 0 Å². The second-order valence-electron chi connectivity index (χ2n) is 5.76. The number of carbonyl (C=O) groups excluding carboxylic acids is 1. The van der Waals surface area contributed by atoms with Crippen LogP contribution in [0.1, 0.15) is 53.4 Å². The van der Waals surface area contributed by atoms with E-state index < -0.39 is 0 Å². The minimum absolute atomic E-state index is 0.111. The van der Waals surface area contributed by atoms with E-state index in [9.17, 15) is 4.79 Å². The second-order valence-corrected chi connectivity index (χ2v) is 5.76. The van der Waals surface area contributed by atoms with Crippen LogP contribution in [-0.4, -0.2) is 18.9 Å². The standard InChI is InChI=1S/C13H24O3/c1-10(14)15-9-16-12-7-5-11(6-8-12)13(2,3)4/h11-12H,5-9H2,1-4H3. The lowest BCUT2D eigenvalue weighted by Gasteiger charge is -2.36. The number of ether oxygens (including phenoxy) is 2. The summed E-state index contributed by atoms with van der Waals surface area (Å²) < 4.78 is 10.3. The molecule has 0 radical (unpaired) electrons. The highest BCUT2D eigenvalue weighted by atomic mass is 16.7. The molecule has 1 rings (SSSR count). The molecule has 0 heterocycles. The van der Waals surface area contributed by atoms with Crippen molar-refractivity contribution in [2.24, 2.45) is 11.3 Å². The minimum Gasteiger partial charge on any atom is -0.439 e. The van der Waals surface area contributed by atoms with Gasteiger partial charge in [-0.2, -0.15) is 0 Å². The molecule has 0 amide bonds. The molecule has 0 saturated heterocycles. The summed E-state index contributed by atoms with van der Waals surface area (Å²) in [5, 5.41) is 0. The van der Waals surface area contributed by atoms with Gasteiger partial charge in [0.25, 0.3) is 0 Å². The van der Waals surface area contributed by atoms with Crippen molar-refractivity contribution in [3.63, 3.8) is 0 Å². The zero-order chi connectivity index (χ0) is 12.2. The Kier molecular flexibility index (Phi) is 4.78. The van der Waals surface area contributed by atoms with Crippen LogP contribution in [0.2, 0.25) is 0 Å². The lowest BCUT2D eigenvalue weighted by atomic mass is 9.72. The third-order valence-corrected chi connectivity index (χ3v) is 3.46. The highest BCUT2D eigenvalue weighted by Gasteiger charge is 2.29. The maximum absolute atomic E-state index is 10.6. The van der Waals surface area contributed by atoms with E-state index in [0.717, 1.165) is 18.8 Å². The predicted octanol–water partition coefficient (Wildman–Crippen LogP) is 3.13. The maximum Gasteiger partial charge on any atom is 0.304 e. The summed E-state index contributed by atoms with van der Waals surface area (Å²) in [7, 11) is 0. The highest BCUT2D eigenvalue weighted by molar-refractivity contribution is 5.65. The summed E-state index contributed by atoms with van der Waals surface area (Å²) >= 11 is 0. The van der Waals surface area contributed by atoms with E-state index in [1.165, 1.54) is 19.8 Å². The number of hydrogen-bond donors (Lipinski definition) is 0. The average Bonchev–Trinajstić information content (AvgIpc) is 2.16. The summed E-state index contributed by atoms with van der Waals surface area (Å²) in [5.74, 6) is 0.518. The largest absolute Gasteiger partial charge is 0.439 e. The molecule has 0 unspecified atom stereocenters. The zero-order valence-corrected chi connectivity index (χ0v) is 10.9. The van der Waals surface area contributed by atoms with Gasteiger partial charge in [0.15, 0.2) is 6.79 Å². The summed E-state index contributed by atoms with van der Waals surface area (Å²) in [4.78, 5) is 10.6. The molecular formula is C13H24O3. The molecule has 3 heteroatoms. The van der Waals surface area contributed by atoms with Crippen molar-refractivity contribution in [1.29, 1.82) is 0 Å². The fourth-order valence-corrected chi connectivity index (χ4v) is 2.31. The van der Waals surface area contributed by atoms with Crippen LogP contribution in [0.3, 0.4) is 0 Å². The Morgan fingerprint density at radius 2 is 1.75 bits per heavy atom. The van der Waals surface area contributed by atoms with Crippen molar-refractivity contribution in [2.75, 3.05) is 6.79 Å². The van der Waals surface area contributed by atoms with Crippen LogP contribution in [-0.2, 0) is 14.3 Å². The molecule has 1 saturated carbocycles. The van der Waals surface area contributed by atoms with Gasteiger partial charge < -0.3 is 9.47 Å². The van der Waals surface area contributed by atoms with Gasteiger partial charge in [-0.15, -0.1) is 0 Å². The highest BCUT2D eigenvalue weighted by Crippen LogP contribution is 2.38. The molecule has 1 aliphatic rings. The Bertz CT molecular complexity index is 222. The van der Waals surface area contributed by atoms with Crippen molar-refractivity contribution < 1.29 is 14.3 Å². The molecule has 1 aliphatic carbocycles. The van der Waals surface area contributed by atoms with Crippen LogP contribution in [0.15, 0.2) is 0 Å². The quantitative estimate of drug-likeness (QED) is 0.550. The normalized spacial score (nSPS) is 26.5. The molecule has 0 aliphatic heterocycles. The number of hydrogen-bond acceptors (Lipinski definition) is 3. The molecule has 1 fully saturated rings. The van der Waals surface area contributed by atoms with Gasteiger partial charge in [0.2, 0.25) is 0 Å². The van der Waals surface area contributed by atoms with Gasteiger partial charge in [0.05, 0.1) is 6.10 Å². The van der Waals surface area contributed by atoms with Crippen molar-refractivity contribution in [2.45, 2.75) is 59.5 Å². The van der Waals surface area contributed by atoms with Gasteiger partial charge in [0, 0.05) is 6.92 Å². The van der Waals surface area contributed by atoms with Gasteiger partial charge in [-0.3, -0.25) is 4.79 Å². The summed E-state index contributed by atoms with van der Waals surface area (Å²) in [6.07, 6.45) is 4.88. The van der Waals surface area contributed by atoms with E-state index in [1.54, 1.807) is 0 Å². The van der Waals surface area contributed by atoms with Gasteiger partial charge in [-0.25, -0.2) is 0 Å². The van der Waals surface area contributed by atoms with E-state index >= 15 is 0 Å². The molecule has 0 atom stereocenters. The first kappa shape index (κ1) is 13.5. The third kappa shape index (κ3) is 4.52. The van der Waals surface area contributed by atoms with Gasteiger partial charge in [-0.1, -0.05) is 20.8 Å². The SMILES string of the molecule is CC(=O)OCOC1CCC(C(C)(C)C)CC1. The predicted molar refractivity (Wildman–Crippen MR) is 62.9 cm³/mol. The van der Waals surface area contributed by atoms with E-state index in [2.05, 4.69) is 20.8 Å². The lowest BCUT2D eigenvalue weighted by Crippen LogP contribution is -2.29. The monoisotopic (exact) mass is 228 g/mol. The molecule has 94 valence electrons. The van der Waals surface area contributed by atoms with Crippen LogP contribution >= 0.6 is 0 Å². The smallest absolute Gasteiger partial charge is 0.304 e. The summed E-state index contributed by atoms with van der Waals surface area (Å²) in [6, 6.07) is 0. The van der Waals surface area contributed by atoms with Gasteiger partial charge >= 0.3 is 5.97 Å².